The molecule has 1 heterocycles. The molecule has 0 bridgehead atoms. The molecule has 0 aliphatic carbocycles. The maximum absolute atomic E-state index is 10.8. The number of aromatic nitrogens is 2. The van der Waals surface area contributed by atoms with Crippen molar-refractivity contribution < 1.29 is 14.7 Å². The van der Waals surface area contributed by atoms with E-state index in [0.717, 1.165) is 0 Å². The largest absolute Gasteiger partial charge is 0.480 e. The van der Waals surface area contributed by atoms with Crippen molar-refractivity contribution in [3.05, 3.63) is 12.4 Å². The number of rotatable bonds is 3. The Hall–Kier alpha value is -2.05. The van der Waals surface area contributed by atoms with Crippen molar-refractivity contribution in [3.63, 3.8) is 0 Å². The Kier molecular flexibility index (Phi) is 3.05. The maximum Gasteiger partial charge on any atom is 0.325 e. The van der Waals surface area contributed by atoms with Gasteiger partial charge in [0.25, 0.3) is 0 Å². The molecule has 1 rings (SSSR count). The highest BCUT2D eigenvalue weighted by Gasteiger charge is 2.04. The molecular formula is C7H10N4O3. The molecule has 3 N–H and O–H groups in total. The van der Waals surface area contributed by atoms with E-state index in [9.17, 15) is 9.59 Å². The fourth-order valence-electron chi connectivity index (χ4n) is 0.847. The Morgan fingerprint density at radius 1 is 1.64 bits per heavy atom. The maximum atomic E-state index is 10.8. The number of hydrogen-bond donors (Lipinski definition) is 3. The Morgan fingerprint density at radius 3 is 2.93 bits per heavy atom. The number of carboxylic acid groups (broad SMARTS) is 1. The molecule has 0 unspecified atom stereocenters. The van der Waals surface area contributed by atoms with Gasteiger partial charge in [0.05, 0.1) is 11.9 Å². The Morgan fingerprint density at radius 2 is 2.36 bits per heavy atom. The van der Waals surface area contributed by atoms with Gasteiger partial charge in [-0.25, -0.2) is 4.79 Å². The summed E-state index contributed by atoms with van der Waals surface area (Å²) in [5.41, 5.74) is 0.450. The normalized spacial score (nSPS) is 9.50. The molecule has 7 heteroatoms. The van der Waals surface area contributed by atoms with Crippen LogP contribution < -0.4 is 10.6 Å². The second-order valence-electron chi connectivity index (χ2n) is 2.52. The van der Waals surface area contributed by atoms with Gasteiger partial charge in [0, 0.05) is 13.2 Å². The highest BCUT2D eigenvalue weighted by Crippen LogP contribution is 2.03. The van der Waals surface area contributed by atoms with E-state index in [1.807, 2.05) is 0 Å². The molecule has 0 atom stereocenters. The van der Waals surface area contributed by atoms with Crippen molar-refractivity contribution in [3.8, 4) is 0 Å². The van der Waals surface area contributed by atoms with Gasteiger partial charge in [-0.15, -0.1) is 0 Å². The monoisotopic (exact) mass is 198 g/mol. The second-order valence-corrected chi connectivity index (χ2v) is 2.52. The lowest BCUT2D eigenvalue weighted by atomic mass is 10.5. The Balaban J connectivity index is 2.59. The highest BCUT2D eigenvalue weighted by molar-refractivity contribution is 5.88. The lowest BCUT2D eigenvalue weighted by Crippen LogP contribution is -2.24. The third-order valence-corrected chi connectivity index (χ3v) is 1.42. The first kappa shape index (κ1) is 10.0. The van der Waals surface area contributed by atoms with Crippen molar-refractivity contribution in [1.82, 2.24) is 15.1 Å². The van der Waals surface area contributed by atoms with Crippen LogP contribution in [0.4, 0.5) is 10.5 Å². The summed E-state index contributed by atoms with van der Waals surface area (Å²) in [7, 11) is 1.48. The number of amides is 2. The number of aliphatic carboxylic acids is 1. The summed E-state index contributed by atoms with van der Waals surface area (Å²) in [6, 6.07) is -0.375. The predicted molar refractivity (Wildman–Crippen MR) is 47.9 cm³/mol. The predicted octanol–water partition coefficient (Wildman–Crippen LogP) is -0.281. The molecule has 0 saturated carbocycles. The van der Waals surface area contributed by atoms with Gasteiger partial charge in [-0.1, -0.05) is 0 Å². The first-order valence-electron chi connectivity index (χ1n) is 3.85. The van der Waals surface area contributed by atoms with Gasteiger partial charge in [-0.3, -0.25) is 9.48 Å². The van der Waals surface area contributed by atoms with Crippen molar-refractivity contribution in [1.29, 1.82) is 0 Å². The molecule has 76 valence electrons. The molecule has 0 radical (unpaired) electrons. The van der Waals surface area contributed by atoms with Crippen molar-refractivity contribution in [2.75, 3.05) is 12.4 Å². The molecule has 1 aromatic heterocycles. The number of carboxylic acids is 1. The van der Waals surface area contributed by atoms with Gasteiger partial charge in [-0.05, 0) is 0 Å². The summed E-state index contributed by atoms with van der Waals surface area (Å²) in [6.07, 6.45) is 2.81. The smallest absolute Gasteiger partial charge is 0.325 e. The summed E-state index contributed by atoms with van der Waals surface area (Å²) >= 11 is 0. The van der Waals surface area contributed by atoms with Crippen molar-refractivity contribution in [2.45, 2.75) is 6.54 Å². The van der Waals surface area contributed by atoms with Crippen LogP contribution in [0, 0.1) is 0 Å². The standard InChI is InChI=1S/C7H10N4O3/c1-8-7(14)10-5-2-9-11(3-5)4-6(12)13/h2-3H,4H2,1H3,(H,12,13)(H2,8,10,14). The molecule has 1 aromatic rings. The molecule has 0 aromatic carbocycles. The number of carbonyl (C=O) groups is 2. The average molecular weight is 198 g/mol. The third kappa shape index (κ3) is 2.77. The van der Waals surface area contributed by atoms with Crippen LogP contribution in [-0.4, -0.2) is 33.9 Å². The van der Waals surface area contributed by atoms with Crippen LogP contribution in [0.3, 0.4) is 0 Å². The minimum atomic E-state index is -0.986. The minimum absolute atomic E-state index is 0.227. The number of hydrogen-bond acceptors (Lipinski definition) is 3. The fourth-order valence-corrected chi connectivity index (χ4v) is 0.847. The van der Waals surface area contributed by atoms with E-state index < -0.39 is 5.97 Å². The minimum Gasteiger partial charge on any atom is -0.480 e. The van der Waals surface area contributed by atoms with E-state index in [-0.39, 0.29) is 12.6 Å². The van der Waals surface area contributed by atoms with Crippen molar-refractivity contribution in [2.24, 2.45) is 0 Å². The first-order valence-corrected chi connectivity index (χ1v) is 3.85. The zero-order valence-electron chi connectivity index (χ0n) is 7.52. The third-order valence-electron chi connectivity index (χ3n) is 1.42. The lowest BCUT2D eigenvalue weighted by molar-refractivity contribution is -0.137. The summed E-state index contributed by atoms with van der Waals surface area (Å²) in [6.45, 7) is -0.227. The van der Waals surface area contributed by atoms with E-state index in [2.05, 4.69) is 15.7 Å². The van der Waals surface area contributed by atoms with Crippen LogP contribution >= 0.6 is 0 Å². The lowest BCUT2D eigenvalue weighted by Gasteiger charge is -1.98. The molecular weight excluding hydrogens is 188 g/mol. The van der Waals surface area contributed by atoms with Crippen LogP contribution in [-0.2, 0) is 11.3 Å². The SMILES string of the molecule is CNC(=O)Nc1cnn(CC(=O)O)c1. The summed E-state index contributed by atoms with van der Waals surface area (Å²) in [5, 5.41) is 17.0. The second kappa shape index (κ2) is 4.26. The van der Waals surface area contributed by atoms with Gasteiger partial charge in [0.1, 0.15) is 6.54 Å². The van der Waals surface area contributed by atoms with Crippen LogP contribution in [0.15, 0.2) is 12.4 Å². The number of carbonyl (C=O) groups excluding carboxylic acids is 1. The first-order chi connectivity index (χ1) is 6.61. The fraction of sp³-hybridized carbons (Fsp3) is 0.286. The molecule has 7 nitrogen and oxygen atoms in total. The van der Waals surface area contributed by atoms with E-state index in [4.69, 9.17) is 5.11 Å². The molecule has 0 saturated heterocycles. The zero-order valence-corrected chi connectivity index (χ0v) is 7.52. The molecule has 0 fully saturated rings. The number of nitrogens with one attached hydrogen (secondary N) is 2. The number of urea groups is 1. The summed E-state index contributed by atoms with van der Waals surface area (Å²) < 4.78 is 1.22. The zero-order chi connectivity index (χ0) is 10.6. The van der Waals surface area contributed by atoms with Gasteiger partial charge < -0.3 is 15.7 Å². The van der Waals surface area contributed by atoms with E-state index in [0.29, 0.717) is 5.69 Å². The van der Waals surface area contributed by atoms with E-state index in [1.165, 1.54) is 24.1 Å². The molecule has 14 heavy (non-hydrogen) atoms. The molecule has 0 aliphatic rings. The van der Waals surface area contributed by atoms with E-state index in [1.54, 1.807) is 0 Å². The van der Waals surface area contributed by atoms with Crippen LogP contribution in [0.1, 0.15) is 0 Å². The number of anilines is 1. The molecule has 0 aliphatic heterocycles. The quantitative estimate of drug-likeness (QED) is 0.622. The van der Waals surface area contributed by atoms with Gasteiger partial charge in [0.15, 0.2) is 0 Å². The van der Waals surface area contributed by atoms with Crippen LogP contribution in [0.25, 0.3) is 0 Å². The summed E-state index contributed by atoms with van der Waals surface area (Å²) in [4.78, 5) is 21.1. The average Bonchev–Trinajstić information content (AvgIpc) is 2.51. The van der Waals surface area contributed by atoms with Gasteiger partial charge in [0.2, 0.25) is 0 Å². The Labute approximate surface area is 79.7 Å². The summed E-state index contributed by atoms with van der Waals surface area (Å²) in [5.74, 6) is -0.986. The van der Waals surface area contributed by atoms with Gasteiger partial charge >= 0.3 is 12.0 Å². The van der Waals surface area contributed by atoms with Crippen LogP contribution in [0.2, 0.25) is 0 Å². The topological polar surface area (TPSA) is 96.3 Å². The molecule has 2 amide bonds. The van der Waals surface area contributed by atoms with E-state index >= 15 is 0 Å². The number of nitrogens with zero attached hydrogens (tertiary/aromatic N) is 2. The highest BCUT2D eigenvalue weighted by atomic mass is 16.4. The molecule has 0 spiro atoms. The van der Waals surface area contributed by atoms with Gasteiger partial charge in [-0.2, -0.15) is 5.10 Å². The van der Waals surface area contributed by atoms with Crippen LogP contribution in [0.5, 0.6) is 0 Å². The Bertz CT molecular complexity index is 346. The van der Waals surface area contributed by atoms with Crippen molar-refractivity contribution >= 4 is 17.7 Å².